The minimum Gasteiger partial charge on any atom is -0.469 e. The minimum absolute atomic E-state index is 0.283. The van der Waals surface area contributed by atoms with Gasteiger partial charge in [0, 0.05) is 5.56 Å². The summed E-state index contributed by atoms with van der Waals surface area (Å²) < 4.78 is 9.21. The number of carbonyl (C=O) groups is 2. The smallest absolute Gasteiger partial charge is 0.417 e. The molecule has 6 heteroatoms. The number of methoxy groups -OCH3 is 1. The molecule has 6 nitrogen and oxygen atoms in total. The monoisotopic (exact) mass is 235 g/mol. The van der Waals surface area contributed by atoms with Crippen molar-refractivity contribution in [2.24, 2.45) is 0 Å². The van der Waals surface area contributed by atoms with Crippen molar-refractivity contribution >= 4 is 22.9 Å². The van der Waals surface area contributed by atoms with Crippen molar-refractivity contribution < 1.29 is 18.7 Å². The van der Waals surface area contributed by atoms with E-state index in [-0.39, 0.29) is 17.8 Å². The normalized spacial score (nSPS) is 10.4. The minimum atomic E-state index is -0.606. The topological polar surface area (TPSA) is 89.4 Å². The number of fused-ring (bicyclic) bond motifs is 1. The van der Waals surface area contributed by atoms with E-state index in [2.05, 4.69) is 9.72 Å². The highest BCUT2D eigenvalue weighted by Crippen LogP contribution is 2.13. The lowest BCUT2D eigenvalue weighted by atomic mass is 10.1. The van der Waals surface area contributed by atoms with E-state index >= 15 is 0 Å². The first-order valence-electron chi connectivity index (χ1n) is 4.83. The predicted molar refractivity (Wildman–Crippen MR) is 57.8 cm³/mol. The molecule has 0 bridgehead atoms. The lowest BCUT2D eigenvalue weighted by Gasteiger charge is -1.99. The van der Waals surface area contributed by atoms with Gasteiger partial charge in [0.15, 0.2) is 11.4 Å². The van der Waals surface area contributed by atoms with Crippen molar-refractivity contribution in [1.29, 1.82) is 0 Å². The van der Waals surface area contributed by atoms with Gasteiger partial charge in [-0.2, -0.15) is 0 Å². The van der Waals surface area contributed by atoms with E-state index in [0.717, 1.165) is 0 Å². The Hall–Kier alpha value is -2.37. The number of benzene rings is 1. The number of oxazole rings is 1. The molecule has 0 aliphatic carbocycles. The Kier molecular flexibility index (Phi) is 2.78. The van der Waals surface area contributed by atoms with Crippen LogP contribution >= 0.6 is 0 Å². The maximum Gasteiger partial charge on any atom is 0.417 e. The van der Waals surface area contributed by atoms with E-state index in [4.69, 9.17) is 4.42 Å². The SMILES string of the molecule is COC(=O)CC(=O)c1ccc2[nH]c(=O)oc2c1. The molecule has 0 aliphatic rings. The number of rotatable bonds is 3. The number of Topliss-reactive ketones (excluding diaryl/α,β-unsaturated/α-hetero) is 1. The van der Waals surface area contributed by atoms with Gasteiger partial charge in [-0.25, -0.2) is 4.79 Å². The van der Waals surface area contributed by atoms with Crippen LogP contribution in [0.1, 0.15) is 16.8 Å². The molecule has 1 heterocycles. The summed E-state index contributed by atoms with van der Waals surface area (Å²) in [4.78, 5) is 35.9. The van der Waals surface area contributed by atoms with Crippen LogP contribution in [-0.4, -0.2) is 23.8 Å². The van der Waals surface area contributed by atoms with Crippen LogP contribution in [0.25, 0.3) is 11.1 Å². The number of aromatic amines is 1. The molecule has 1 N–H and O–H groups in total. The van der Waals surface area contributed by atoms with Crippen LogP contribution < -0.4 is 5.76 Å². The van der Waals surface area contributed by atoms with E-state index in [1.54, 1.807) is 6.07 Å². The zero-order chi connectivity index (χ0) is 12.4. The molecule has 0 saturated heterocycles. The van der Waals surface area contributed by atoms with Crippen LogP contribution in [0.4, 0.5) is 0 Å². The highest BCUT2D eigenvalue weighted by Gasteiger charge is 2.13. The van der Waals surface area contributed by atoms with Gasteiger partial charge in [0.05, 0.1) is 12.6 Å². The quantitative estimate of drug-likeness (QED) is 0.484. The number of nitrogens with one attached hydrogen (secondary N) is 1. The number of ketones is 1. The molecular formula is C11H9NO5. The second-order valence-electron chi connectivity index (χ2n) is 3.40. The Morgan fingerprint density at radius 2 is 2.18 bits per heavy atom. The number of H-pyrrole nitrogens is 1. The van der Waals surface area contributed by atoms with Crippen LogP contribution in [0.3, 0.4) is 0 Å². The molecule has 0 unspecified atom stereocenters. The molecule has 2 aromatic rings. The van der Waals surface area contributed by atoms with E-state index in [0.29, 0.717) is 11.1 Å². The second kappa shape index (κ2) is 4.25. The predicted octanol–water partition coefficient (Wildman–Crippen LogP) is 0.867. The fourth-order valence-corrected chi connectivity index (χ4v) is 1.42. The zero-order valence-corrected chi connectivity index (χ0v) is 8.98. The molecule has 0 aliphatic heterocycles. The van der Waals surface area contributed by atoms with Gasteiger partial charge in [-0.15, -0.1) is 0 Å². The van der Waals surface area contributed by atoms with Gasteiger partial charge in [0.1, 0.15) is 6.42 Å². The van der Waals surface area contributed by atoms with E-state index in [1.165, 1.54) is 19.2 Å². The van der Waals surface area contributed by atoms with Gasteiger partial charge in [-0.1, -0.05) is 0 Å². The van der Waals surface area contributed by atoms with Gasteiger partial charge in [0.2, 0.25) is 0 Å². The van der Waals surface area contributed by atoms with Crippen LogP contribution in [-0.2, 0) is 9.53 Å². The highest BCUT2D eigenvalue weighted by atomic mass is 16.5. The number of aromatic nitrogens is 1. The van der Waals surface area contributed by atoms with Gasteiger partial charge in [-0.05, 0) is 18.2 Å². The van der Waals surface area contributed by atoms with Gasteiger partial charge in [-0.3, -0.25) is 14.6 Å². The third-order valence-electron chi connectivity index (χ3n) is 2.28. The van der Waals surface area contributed by atoms with Crippen molar-refractivity contribution in [3.63, 3.8) is 0 Å². The molecule has 88 valence electrons. The molecule has 0 radical (unpaired) electrons. The molecule has 2 rings (SSSR count). The van der Waals surface area contributed by atoms with Crippen molar-refractivity contribution in [3.05, 3.63) is 34.3 Å². The fourth-order valence-electron chi connectivity index (χ4n) is 1.42. The standard InChI is InChI=1S/C11H9NO5/c1-16-10(14)5-8(13)6-2-3-7-9(4-6)17-11(15)12-7/h2-4H,5H2,1H3,(H,12,15). The van der Waals surface area contributed by atoms with E-state index in [1.807, 2.05) is 0 Å². The molecule has 1 aromatic heterocycles. The maximum absolute atomic E-state index is 11.6. The van der Waals surface area contributed by atoms with Crippen LogP contribution in [0.2, 0.25) is 0 Å². The summed E-state index contributed by atoms with van der Waals surface area (Å²) in [5, 5.41) is 0. The lowest BCUT2D eigenvalue weighted by molar-refractivity contribution is -0.139. The Morgan fingerprint density at radius 3 is 2.88 bits per heavy atom. The van der Waals surface area contributed by atoms with Gasteiger partial charge < -0.3 is 9.15 Å². The van der Waals surface area contributed by atoms with Crippen molar-refractivity contribution in [1.82, 2.24) is 4.98 Å². The zero-order valence-electron chi connectivity index (χ0n) is 8.98. The molecule has 1 aromatic carbocycles. The molecule has 17 heavy (non-hydrogen) atoms. The third-order valence-corrected chi connectivity index (χ3v) is 2.28. The average Bonchev–Trinajstić information content (AvgIpc) is 2.67. The summed E-state index contributed by atoms with van der Waals surface area (Å²) in [6.45, 7) is 0. The molecule has 0 saturated carbocycles. The number of hydrogen-bond acceptors (Lipinski definition) is 5. The molecule has 0 amide bonds. The summed E-state index contributed by atoms with van der Waals surface area (Å²) in [7, 11) is 1.21. The van der Waals surface area contributed by atoms with E-state index < -0.39 is 11.7 Å². The molecular weight excluding hydrogens is 226 g/mol. The Bertz CT molecular complexity index is 637. The third kappa shape index (κ3) is 2.25. The fraction of sp³-hybridized carbons (Fsp3) is 0.182. The summed E-state index contributed by atoms with van der Waals surface area (Å²) in [6, 6.07) is 4.47. The Balaban J connectivity index is 2.32. The second-order valence-corrected chi connectivity index (χ2v) is 3.40. The first-order chi connectivity index (χ1) is 8.10. The Morgan fingerprint density at radius 1 is 1.41 bits per heavy atom. The summed E-state index contributed by atoms with van der Waals surface area (Å²) >= 11 is 0. The molecule has 0 spiro atoms. The molecule has 0 fully saturated rings. The first-order valence-corrected chi connectivity index (χ1v) is 4.83. The first kappa shape index (κ1) is 11.1. The number of carbonyl (C=O) groups excluding carboxylic acids is 2. The van der Waals surface area contributed by atoms with Crippen molar-refractivity contribution in [2.45, 2.75) is 6.42 Å². The maximum atomic E-state index is 11.6. The number of hydrogen-bond donors (Lipinski definition) is 1. The lowest BCUT2D eigenvalue weighted by Crippen LogP contribution is -2.09. The van der Waals surface area contributed by atoms with Gasteiger partial charge >= 0.3 is 11.7 Å². The highest BCUT2D eigenvalue weighted by molar-refractivity contribution is 6.07. The van der Waals surface area contributed by atoms with Crippen LogP contribution in [0, 0.1) is 0 Å². The van der Waals surface area contributed by atoms with Crippen LogP contribution in [0.5, 0.6) is 0 Å². The van der Waals surface area contributed by atoms with Gasteiger partial charge in [0.25, 0.3) is 0 Å². The van der Waals surface area contributed by atoms with E-state index in [9.17, 15) is 14.4 Å². The summed E-state index contributed by atoms with van der Waals surface area (Å²) in [6.07, 6.45) is -0.337. The number of ether oxygens (including phenoxy) is 1. The van der Waals surface area contributed by atoms with Crippen molar-refractivity contribution in [2.75, 3.05) is 7.11 Å². The Labute approximate surface area is 95.2 Å². The summed E-state index contributed by atoms with van der Waals surface area (Å²) in [5.41, 5.74) is 1.08. The molecule has 0 atom stereocenters. The summed E-state index contributed by atoms with van der Waals surface area (Å²) in [5.74, 6) is -1.58. The largest absolute Gasteiger partial charge is 0.469 e. The van der Waals surface area contributed by atoms with Crippen LogP contribution in [0.15, 0.2) is 27.4 Å². The van der Waals surface area contributed by atoms with Crippen molar-refractivity contribution in [3.8, 4) is 0 Å². The number of esters is 1. The average molecular weight is 235 g/mol.